The van der Waals surface area contributed by atoms with Crippen molar-refractivity contribution in [1.82, 2.24) is 19.8 Å². The van der Waals surface area contributed by atoms with Crippen molar-refractivity contribution in [2.75, 3.05) is 13.1 Å². The van der Waals surface area contributed by atoms with Crippen molar-refractivity contribution in [3.05, 3.63) is 18.2 Å². The molecule has 1 saturated heterocycles. The van der Waals surface area contributed by atoms with Crippen LogP contribution in [0.5, 0.6) is 0 Å². The first-order valence-corrected chi connectivity index (χ1v) is 7.65. The van der Waals surface area contributed by atoms with Gasteiger partial charge in [-0.25, -0.2) is 9.78 Å². The number of nitrogens with zero attached hydrogens (tertiary/aromatic N) is 3. The molecule has 1 aliphatic heterocycles. The number of piperidine rings is 1. The van der Waals surface area contributed by atoms with Crippen LogP contribution in [0.4, 0.5) is 4.79 Å². The number of aryl methyl sites for hydroxylation is 1. The van der Waals surface area contributed by atoms with Gasteiger partial charge in [0.2, 0.25) is 0 Å². The van der Waals surface area contributed by atoms with Crippen LogP contribution in [0.15, 0.2) is 12.4 Å². The molecule has 0 spiro atoms. The zero-order chi connectivity index (χ0) is 14.5. The maximum atomic E-state index is 11.9. The number of carbonyl (C=O) groups excluding carboxylic acids is 1. The van der Waals surface area contributed by atoms with Gasteiger partial charge in [0.1, 0.15) is 5.82 Å². The number of imidazole rings is 1. The third-order valence-corrected chi connectivity index (χ3v) is 3.89. The number of hydrogen-bond acceptors (Lipinski definition) is 2. The highest BCUT2D eigenvalue weighted by Gasteiger charge is 2.23. The number of amides is 2. The topological polar surface area (TPSA) is 50.2 Å². The first-order valence-electron chi connectivity index (χ1n) is 7.65. The molecule has 5 heteroatoms. The predicted octanol–water partition coefficient (Wildman–Crippen LogP) is 2.28. The van der Waals surface area contributed by atoms with Crippen LogP contribution < -0.4 is 5.32 Å². The van der Waals surface area contributed by atoms with Crippen LogP contribution in [0.1, 0.15) is 39.4 Å². The summed E-state index contributed by atoms with van der Waals surface area (Å²) < 4.78 is 2.26. The molecule has 0 bridgehead atoms. The normalized spacial score (nSPS) is 16.7. The van der Waals surface area contributed by atoms with Gasteiger partial charge in [0.25, 0.3) is 0 Å². The van der Waals surface area contributed by atoms with E-state index in [9.17, 15) is 4.79 Å². The highest BCUT2D eigenvalue weighted by atomic mass is 16.2. The fraction of sp³-hybridized carbons (Fsp3) is 0.733. The van der Waals surface area contributed by atoms with Gasteiger partial charge in [0.15, 0.2) is 0 Å². The molecular formula is C15H26N4O. The molecule has 112 valence electrons. The Morgan fingerprint density at radius 3 is 2.75 bits per heavy atom. The molecule has 2 heterocycles. The Balaban J connectivity index is 1.81. The molecule has 0 saturated carbocycles. The summed E-state index contributed by atoms with van der Waals surface area (Å²) >= 11 is 0. The molecule has 1 fully saturated rings. The summed E-state index contributed by atoms with van der Waals surface area (Å²) in [5, 5.41) is 2.96. The average Bonchev–Trinajstić information content (AvgIpc) is 2.86. The van der Waals surface area contributed by atoms with Gasteiger partial charge in [-0.15, -0.1) is 0 Å². The zero-order valence-corrected chi connectivity index (χ0v) is 12.8. The number of rotatable bonds is 4. The number of urea groups is 1. The molecule has 20 heavy (non-hydrogen) atoms. The zero-order valence-electron chi connectivity index (χ0n) is 12.8. The average molecular weight is 278 g/mol. The van der Waals surface area contributed by atoms with E-state index in [1.54, 1.807) is 0 Å². The smallest absolute Gasteiger partial charge is 0.317 e. The summed E-state index contributed by atoms with van der Waals surface area (Å²) in [7, 11) is 0. The Bertz CT molecular complexity index is 433. The molecule has 1 aromatic heterocycles. The van der Waals surface area contributed by atoms with E-state index in [2.05, 4.69) is 28.0 Å². The van der Waals surface area contributed by atoms with Crippen molar-refractivity contribution in [3.63, 3.8) is 0 Å². The second-order valence-corrected chi connectivity index (χ2v) is 5.88. The van der Waals surface area contributed by atoms with E-state index in [1.165, 1.54) is 0 Å². The van der Waals surface area contributed by atoms with Crippen molar-refractivity contribution < 1.29 is 4.79 Å². The lowest BCUT2D eigenvalue weighted by Gasteiger charge is -2.32. The predicted molar refractivity (Wildman–Crippen MR) is 79.6 cm³/mol. The van der Waals surface area contributed by atoms with Crippen LogP contribution in [0, 0.1) is 5.92 Å². The highest BCUT2D eigenvalue weighted by Crippen LogP contribution is 2.20. The number of nitrogens with one attached hydrogen (secondary N) is 1. The first kappa shape index (κ1) is 14.9. The van der Waals surface area contributed by atoms with Gasteiger partial charge in [-0.05, 0) is 32.6 Å². The quantitative estimate of drug-likeness (QED) is 0.918. The van der Waals surface area contributed by atoms with Crippen LogP contribution in [-0.2, 0) is 13.0 Å². The van der Waals surface area contributed by atoms with Crippen molar-refractivity contribution in [2.45, 2.75) is 52.6 Å². The van der Waals surface area contributed by atoms with Gasteiger partial charge < -0.3 is 14.8 Å². The van der Waals surface area contributed by atoms with Crippen molar-refractivity contribution in [1.29, 1.82) is 0 Å². The van der Waals surface area contributed by atoms with Crippen LogP contribution in [0.25, 0.3) is 0 Å². The minimum atomic E-state index is 0.0790. The molecule has 2 rings (SSSR count). The Morgan fingerprint density at radius 2 is 2.15 bits per heavy atom. The van der Waals surface area contributed by atoms with Crippen LogP contribution in [-0.4, -0.2) is 39.6 Å². The molecule has 0 aliphatic carbocycles. The van der Waals surface area contributed by atoms with E-state index in [1.807, 2.05) is 24.9 Å². The van der Waals surface area contributed by atoms with Crippen LogP contribution in [0.3, 0.4) is 0 Å². The molecule has 2 amide bonds. The van der Waals surface area contributed by atoms with Gasteiger partial charge in [0, 0.05) is 44.5 Å². The van der Waals surface area contributed by atoms with Crippen molar-refractivity contribution in [3.8, 4) is 0 Å². The molecule has 0 aromatic carbocycles. The third kappa shape index (κ3) is 3.74. The molecule has 0 atom stereocenters. The number of likely N-dealkylation sites (tertiary alicyclic amines) is 1. The fourth-order valence-corrected chi connectivity index (χ4v) is 2.76. The standard InChI is InChI=1S/C15H26N4O/c1-4-14-16-7-10-19(14)11-13-5-8-18(9-6-13)15(20)17-12(2)3/h7,10,12-13H,4-6,8-9,11H2,1-3H3,(H,17,20). The fourth-order valence-electron chi connectivity index (χ4n) is 2.76. The van der Waals surface area contributed by atoms with E-state index >= 15 is 0 Å². The van der Waals surface area contributed by atoms with E-state index < -0.39 is 0 Å². The lowest BCUT2D eigenvalue weighted by atomic mass is 9.97. The minimum absolute atomic E-state index is 0.0790. The number of hydrogen-bond donors (Lipinski definition) is 1. The Labute approximate surface area is 121 Å². The van der Waals surface area contributed by atoms with Crippen molar-refractivity contribution >= 4 is 6.03 Å². The summed E-state index contributed by atoms with van der Waals surface area (Å²) in [5.74, 6) is 1.81. The first-order chi connectivity index (χ1) is 9.60. The largest absolute Gasteiger partial charge is 0.336 e. The lowest BCUT2D eigenvalue weighted by molar-refractivity contribution is 0.163. The molecular weight excluding hydrogens is 252 g/mol. The highest BCUT2D eigenvalue weighted by molar-refractivity contribution is 5.74. The monoisotopic (exact) mass is 278 g/mol. The Morgan fingerprint density at radius 1 is 1.45 bits per heavy atom. The SMILES string of the molecule is CCc1nccn1CC1CCN(C(=O)NC(C)C)CC1. The van der Waals surface area contributed by atoms with E-state index in [4.69, 9.17) is 0 Å². The minimum Gasteiger partial charge on any atom is -0.336 e. The van der Waals surface area contributed by atoms with Gasteiger partial charge in [-0.3, -0.25) is 0 Å². The van der Waals surface area contributed by atoms with E-state index in [0.717, 1.165) is 44.7 Å². The van der Waals surface area contributed by atoms with Crippen LogP contribution >= 0.6 is 0 Å². The molecule has 0 unspecified atom stereocenters. The second kappa shape index (κ2) is 6.77. The van der Waals surface area contributed by atoms with Gasteiger partial charge in [0.05, 0.1) is 0 Å². The summed E-state index contributed by atoms with van der Waals surface area (Å²) in [6.45, 7) is 8.88. The molecule has 5 nitrogen and oxygen atoms in total. The van der Waals surface area contributed by atoms with Crippen LogP contribution in [0.2, 0.25) is 0 Å². The summed E-state index contributed by atoms with van der Waals surface area (Å²) in [4.78, 5) is 18.2. The van der Waals surface area contributed by atoms with Crippen molar-refractivity contribution in [2.24, 2.45) is 5.92 Å². The van der Waals surface area contributed by atoms with Gasteiger partial charge in [-0.1, -0.05) is 6.92 Å². The lowest BCUT2D eigenvalue weighted by Crippen LogP contribution is -2.46. The Hall–Kier alpha value is -1.52. The van der Waals surface area contributed by atoms with Gasteiger partial charge >= 0.3 is 6.03 Å². The molecule has 1 aromatic rings. The van der Waals surface area contributed by atoms with Gasteiger partial charge in [-0.2, -0.15) is 0 Å². The molecule has 0 radical (unpaired) electrons. The third-order valence-electron chi connectivity index (χ3n) is 3.89. The number of carbonyl (C=O) groups is 1. The second-order valence-electron chi connectivity index (χ2n) is 5.88. The summed E-state index contributed by atoms with van der Waals surface area (Å²) in [5.41, 5.74) is 0. The molecule has 1 N–H and O–H groups in total. The maximum Gasteiger partial charge on any atom is 0.317 e. The Kier molecular flexibility index (Phi) is 5.04. The summed E-state index contributed by atoms with van der Waals surface area (Å²) in [6.07, 6.45) is 7.07. The van der Waals surface area contributed by atoms with E-state index in [-0.39, 0.29) is 12.1 Å². The maximum absolute atomic E-state index is 11.9. The summed E-state index contributed by atoms with van der Waals surface area (Å²) in [6, 6.07) is 0.286. The number of aromatic nitrogens is 2. The molecule has 1 aliphatic rings. The van der Waals surface area contributed by atoms with E-state index in [0.29, 0.717) is 5.92 Å².